The lowest BCUT2D eigenvalue weighted by Gasteiger charge is -2.14. The predicted octanol–water partition coefficient (Wildman–Crippen LogP) is 4.37. The zero-order valence-electron chi connectivity index (χ0n) is 16.4. The topological polar surface area (TPSA) is 53.4 Å². The number of ether oxygens (including phenoxy) is 2. The Morgan fingerprint density at radius 2 is 1.79 bits per heavy atom. The summed E-state index contributed by atoms with van der Waals surface area (Å²) < 4.78 is 12.5. The highest BCUT2D eigenvalue weighted by Gasteiger charge is 2.18. The van der Waals surface area contributed by atoms with E-state index in [1.807, 2.05) is 60.0 Å². The first-order valence-corrected chi connectivity index (χ1v) is 10.3. The monoisotopic (exact) mass is 406 g/mol. The number of fused-ring (bicyclic) bond motifs is 1. The maximum atomic E-state index is 13.5. The molecule has 2 aromatic heterocycles. The van der Waals surface area contributed by atoms with Crippen molar-refractivity contribution in [2.75, 3.05) is 20.8 Å². The largest absolute Gasteiger partial charge is 0.496 e. The molecule has 6 heteroatoms. The van der Waals surface area contributed by atoms with E-state index in [-0.39, 0.29) is 5.56 Å². The van der Waals surface area contributed by atoms with Crippen molar-refractivity contribution in [3.05, 3.63) is 81.7 Å². The maximum Gasteiger partial charge on any atom is 0.262 e. The van der Waals surface area contributed by atoms with Crippen molar-refractivity contribution in [1.82, 2.24) is 9.55 Å². The fourth-order valence-electron chi connectivity index (χ4n) is 3.46. The predicted molar refractivity (Wildman–Crippen MR) is 117 cm³/mol. The van der Waals surface area contributed by atoms with Gasteiger partial charge < -0.3 is 9.47 Å². The van der Waals surface area contributed by atoms with Crippen LogP contribution in [0.4, 0.5) is 0 Å². The Morgan fingerprint density at radius 1 is 1.03 bits per heavy atom. The van der Waals surface area contributed by atoms with Crippen molar-refractivity contribution in [3.63, 3.8) is 0 Å². The molecule has 0 amide bonds. The average molecular weight is 407 g/mol. The van der Waals surface area contributed by atoms with Gasteiger partial charge in [-0.1, -0.05) is 48.5 Å². The van der Waals surface area contributed by atoms with Gasteiger partial charge >= 0.3 is 0 Å². The van der Waals surface area contributed by atoms with Gasteiger partial charge in [0.25, 0.3) is 5.56 Å². The second-order valence-corrected chi connectivity index (χ2v) is 7.52. The van der Waals surface area contributed by atoms with Crippen LogP contribution in [0.15, 0.2) is 64.8 Å². The van der Waals surface area contributed by atoms with Gasteiger partial charge in [0, 0.05) is 30.0 Å². The maximum absolute atomic E-state index is 13.5. The lowest BCUT2D eigenvalue weighted by molar-refractivity contribution is 0.185. The van der Waals surface area contributed by atoms with E-state index in [0.29, 0.717) is 30.8 Å². The van der Waals surface area contributed by atoms with Gasteiger partial charge in [0.15, 0.2) is 0 Å². The molecular formula is C23H22N2O3S. The van der Waals surface area contributed by atoms with Crippen LogP contribution < -0.4 is 10.3 Å². The second-order valence-electron chi connectivity index (χ2n) is 6.66. The Labute approximate surface area is 173 Å². The smallest absolute Gasteiger partial charge is 0.262 e. The number of rotatable bonds is 7. The van der Waals surface area contributed by atoms with Crippen LogP contribution in [0.1, 0.15) is 11.4 Å². The second kappa shape index (κ2) is 8.59. The van der Waals surface area contributed by atoms with Gasteiger partial charge in [-0.15, -0.1) is 11.3 Å². The van der Waals surface area contributed by atoms with Gasteiger partial charge in [-0.3, -0.25) is 9.36 Å². The minimum atomic E-state index is -0.0305. The molecule has 0 aliphatic rings. The Kier molecular flexibility index (Phi) is 5.74. The molecular weight excluding hydrogens is 384 g/mol. The first-order valence-electron chi connectivity index (χ1n) is 9.40. The minimum Gasteiger partial charge on any atom is -0.496 e. The minimum absolute atomic E-state index is 0.0305. The van der Waals surface area contributed by atoms with Crippen molar-refractivity contribution in [1.29, 1.82) is 0 Å². The molecule has 0 bridgehead atoms. The highest BCUT2D eigenvalue weighted by atomic mass is 32.1. The van der Waals surface area contributed by atoms with Crippen molar-refractivity contribution in [3.8, 4) is 16.9 Å². The number of benzene rings is 2. The molecule has 0 aliphatic carbocycles. The lowest BCUT2D eigenvalue weighted by Crippen LogP contribution is -2.27. The number of methoxy groups -OCH3 is 2. The normalized spacial score (nSPS) is 11.1. The fraction of sp³-hybridized carbons (Fsp3) is 0.217. The van der Waals surface area contributed by atoms with E-state index < -0.39 is 0 Å². The van der Waals surface area contributed by atoms with Crippen LogP contribution in [0, 0.1) is 0 Å². The van der Waals surface area contributed by atoms with Crippen molar-refractivity contribution < 1.29 is 9.47 Å². The summed E-state index contributed by atoms with van der Waals surface area (Å²) in [6.07, 6.45) is 0.511. The number of aromatic nitrogens is 2. The quantitative estimate of drug-likeness (QED) is 0.457. The van der Waals surface area contributed by atoms with E-state index in [2.05, 4.69) is 0 Å². The Balaban J connectivity index is 1.87. The molecule has 0 unspecified atom stereocenters. The van der Waals surface area contributed by atoms with Crippen molar-refractivity contribution in [2.24, 2.45) is 0 Å². The van der Waals surface area contributed by atoms with E-state index in [1.165, 1.54) is 11.3 Å². The highest BCUT2D eigenvalue weighted by molar-refractivity contribution is 7.17. The number of hydrogen-bond acceptors (Lipinski definition) is 5. The number of thiophene rings is 1. The van der Waals surface area contributed by atoms with E-state index in [1.54, 1.807) is 18.8 Å². The van der Waals surface area contributed by atoms with Crippen LogP contribution in [0.25, 0.3) is 21.3 Å². The molecule has 148 valence electrons. The zero-order chi connectivity index (χ0) is 20.2. The SMILES string of the molecule is COCCn1c(Cc2ccccc2OC)nc2scc(-c3ccccc3)c2c1=O. The van der Waals surface area contributed by atoms with Gasteiger partial charge in [-0.2, -0.15) is 0 Å². The molecule has 29 heavy (non-hydrogen) atoms. The van der Waals surface area contributed by atoms with Crippen LogP contribution >= 0.6 is 11.3 Å². The van der Waals surface area contributed by atoms with E-state index in [4.69, 9.17) is 14.5 Å². The summed E-state index contributed by atoms with van der Waals surface area (Å²) in [4.78, 5) is 19.1. The molecule has 0 atom stereocenters. The number of para-hydroxylation sites is 1. The highest BCUT2D eigenvalue weighted by Crippen LogP contribution is 2.31. The summed E-state index contributed by atoms with van der Waals surface area (Å²) in [5.74, 6) is 1.50. The molecule has 0 saturated carbocycles. The first kappa shape index (κ1) is 19.4. The fourth-order valence-corrected chi connectivity index (χ4v) is 4.42. The average Bonchev–Trinajstić information content (AvgIpc) is 3.19. The van der Waals surface area contributed by atoms with Gasteiger partial charge in [0.05, 0.1) is 25.6 Å². The molecule has 0 aliphatic heterocycles. The molecule has 2 aromatic carbocycles. The van der Waals surface area contributed by atoms with Crippen molar-refractivity contribution >= 4 is 21.6 Å². The molecule has 0 fully saturated rings. The third kappa shape index (κ3) is 3.81. The van der Waals surface area contributed by atoms with Gasteiger partial charge in [-0.25, -0.2) is 4.98 Å². The van der Waals surface area contributed by atoms with Gasteiger partial charge in [0.1, 0.15) is 16.4 Å². The first-order chi connectivity index (χ1) is 14.2. The van der Waals surface area contributed by atoms with Crippen molar-refractivity contribution in [2.45, 2.75) is 13.0 Å². The van der Waals surface area contributed by atoms with Crippen LogP contribution in [-0.2, 0) is 17.7 Å². The van der Waals surface area contributed by atoms with Crippen LogP contribution in [0.2, 0.25) is 0 Å². The van der Waals surface area contributed by atoms with Gasteiger partial charge in [0.2, 0.25) is 0 Å². The number of nitrogens with zero attached hydrogens (tertiary/aromatic N) is 2. The molecule has 4 rings (SSSR count). The third-order valence-corrected chi connectivity index (χ3v) is 5.79. The van der Waals surface area contributed by atoms with Crippen LogP contribution in [0.5, 0.6) is 5.75 Å². The Hall–Kier alpha value is -2.96. The zero-order valence-corrected chi connectivity index (χ0v) is 17.2. The molecule has 5 nitrogen and oxygen atoms in total. The summed E-state index contributed by atoms with van der Waals surface area (Å²) in [6, 6.07) is 17.8. The molecule has 0 saturated heterocycles. The summed E-state index contributed by atoms with van der Waals surface area (Å²) in [5, 5.41) is 2.68. The Morgan fingerprint density at radius 3 is 2.55 bits per heavy atom. The summed E-state index contributed by atoms with van der Waals surface area (Å²) in [5.41, 5.74) is 2.91. The van der Waals surface area contributed by atoms with E-state index >= 15 is 0 Å². The summed E-state index contributed by atoms with van der Waals surface area (Å²) in [7, 11) is 3.29. The van der Waals surface area contributed by atoms with Gasteiger partial charge in [-0.05, 0) is 11.6 Å². The number of hydrogen-bond donors (Lipinski definition) is 0. The Bertz CT molecular complexity index is 1180. The van der Waals surface area contributed by atoms with Crippen LogP contribution in [0.3, 0.4) is 0 Å². The molecule has 0 spiro atoms. The molecule has 4 aromatic rings. The standard InChI is InChI=1S/C23H22N2O3S/c1-27-13-12-25-20(14-17-10-6-7-11-19(17)28-2)24-22-21(23(25)26)18(15-29-22)16-8-4-3-5-9-16/h3-11,15H,12-14H2,1-2H3. The summed E-state index contributed by atoms with van der Waals surface area (Å²) in [6.45, 7) is 0.893. The third-order valence-electron chi connectivity index (χ3n) is 4.92. The van der Waals surface area contributed by atoms with E-state index in [0.717, 1.165) is 27.3 Å². The molecule has 0 N–H and O–H groups in total. The van der Waals surface area contributed by atoms with E-state index in [9.17, 15) is 4.79 Å². The summed E-state index contributed by atoms with van der Waals surface area (Å²) >= 11 is 1.50. The lowest BCUT2D eigenvalue weighted by atomic mass is 10.1. The molecule has 2 heterocycles. The molecule has 0 radical (unpaired) electrons. The van der Waals surface area contributed by atoms with Crippen LogP contribution in [-0.4, -0.2) is 30.4 Å².